The van der Waals surface area contributed by atoms with E-state index in [4.69, 9.17) is 0 Å². The Hall–Kier alpha value is -2.34. The van der Waals surface area contributed by atoms with Crippen LogP contribution in [0, 0.1) is 17.8 Å². The zero-order valence-corrected chi connectivity index (χ0v) is 20.4. The molecule has 5 nitrogen and oxygen atoms in total. The molecular formula is C27H34N2O3S. The number of carbonyl (C=O) groups is 1. The van der Waals surface area contributed by atoms with Gasteiger partial charge in [0.25, 0.3) is 0 Å². The highest BCUT2D eigenvalue weighted by atomic mass is 32.2. The standard InChI is InChI=1S/C27H34N2O3S/c1-3-22-6-4-5-7-25(22)29(33(2,31)32)18-26(30)28-24-10-8-23(9-11-24)27-15-19-12-20(16-27)14-21(13-19)17-27/h4-11,19-21H,3,12-18H2,1-2H3,(H,28,30). The van der Waals surface area contributed by atoms with E-state index in [0.717, 1.165) is 29.6 Å². The predicted molar refractivity (Wildman–Crippen MR) is 133 cm³/mol. The van der Waals surface area contributed by atoms with Gasteiger partial charge < -0.3 is 5.32 Å². The molecule has 0 heterocycles. The van der Waals surface area contributed by atoms with Crippen molar-refractivity contribution in [3.05, 3.63) is 59.7 Å². The van der Waals surface area contributed by atoms with Gasteiger partial charge in [-0.2, -0.15) is 0 Å². The number of sulfonamides is 1. The number of anilines is 2. The number of carbonyl (C=O) groups excluding carboxylic acids is 1. The van der Waals surface area contributed by atoms with Crippen LogP contribution in [0.25, 0.3) is 0 Å². The molecule has 4 aliphatic carbocycles. The molecule has 33 heavy (non-hydrogen) atoms. The van der Waals surface area contributed by atoms with Crippen LogP contribution in [-0.2, 0) is 26.7 Å². The van der Waals surface area contributed by atoms with Gasteiger partial charge in [-0.3, -0.25) is 9.10 Å². The summed E-state index contributed by atoms with van der Waals surface area (Å²) in [6.07, 6.45) is 10.0. The summed E-state index contributed by atoms with van der Waals surface area (Å²) >= 11 is 0. The van der Waals surface area contributed by atoms with Crippen LogP contribution < -0.4 is 9.62 Å². The molecule has 0 atom stereocenters. The summed E-state index contributed by atoms with van der Waals surface area (Å²) in [5.74, 6) is 2.34. The molecule has 0 unspecified atom stereocenters. The van der Waals surface area contributed by atoms with Crippen LogP contribution >= 0.6 is 0 Å². The third-order valence-electron chi connectivity index (χ3n) is 8.15. The van der Waals surface area contributed by atoms with E-state index in [9.17, 15) is 13.2 Å². The number of para-hydroxylation sites is 1. The first-order valence-electron chi connectivity index (χ1n) is 12.2. The van der Waals surface area contributed by atoms with Crippen LogP contribution in [0.2, 0.25) is 0 Å². The van der Waals surface area contributed by atoms with Crippen molar-refractivity contribution in [1.82, 2.24) is 0 Å². The van der Waals surface area contributed by atoms with Crippen molar-refractivity contribution in [2.24, 2.45) is 17.8 Å². The molecule has 6 rings (SSSR count). The zero-order valence-electron chi connectivity index (χ0n) is 19.6. The van der Waals surface area contributed by atoms with Crippen molar-refractivity contribution in [1.29, 1.82) is 0 Å². The van der Waals surface area contributed by atoms with Gasteiger partial charge in [0.15, 0.2) is 0 Å². The number of hydrogen-bond donors (Lipinski definition) is 1. The molecule has 6 heteroatoms. The Morgan fingerprint density at radius 2 is 1.55 bits per heavy atom. The van der Waals surface area contributed by atoms with Gasteiger partial charge >= 0.3 is 0 Å². The molecule has 176 valence electrons. The zero-order chi connectivity index (χ0) is 23.2. The summed E-state index contributed by atoms with van der Waals surface area (Å²) in [5, 5.41) is 2.91. The maximum Gasteiger partial charge on any atom is 0.245 e. The van der Waals surface area contributed by atoms with E-state index in [2.05, 4.69) is 17.4 Å². The molecule has 2 aromatic carbocycles. The summed E-state index contributed by atoms with van der Waals surface area (Å²) < 4.78 is 26.2. The molecule has 4 aliphatic rings. The molecule has 1 amide bonds. The molecule has 4 bridgehead atoms. The molecule has 4 saturated carbocycles. The lowest BCUT2D eigenvalue weighted by atomic mass is 9.48. The summed E-state index contributed by atoms with van der Waals surface area (Å²) in [7, 11) is -3.60. The van der Waals surface area contributed by atoms with Crippen molar-refractivity contribution < 1.29 is 13.2 Å². The summed E-state index contributed by atoms with van der Waals surface area (Å²) in [4.78, 5) is 12.8. The molecule has 0 aromatic heterocycles. The molecule has 0 saturated heterocycles. The van der Waals surface area contributed by atoms with Crippen molar-refractivity contribution in [3.63, 3.8) is 0 Å². The van der Waals surface area contributed by atoms with Crippen LogP contribution in [0.5, 0.6) is 0 Å². The lowest BCUT2D eigenvalue weighted by molar-refractivity contribution is -0.114. The minimum Gasteiger partial charge on any atom is -0.325 e. The van der Waals surface area contributed by atoms with E-state index >= 15 is 0 Å². The Morgan fingerprint density at radius 3 is 2.09 bits per heavy atom. The number of aryl methyl sites for hydroxylation is 1. The molecule has 2 aromatic rings. The maximum absolute atomic E-state index is 12.8. The molecule has 1 N–H and O–H groups in total. The lowest BCUT2D eigenvalue weighted by Gasteiger charge is -2.57. The highest BCUT2D eigenvalue weighted by Gasteiger charge is 2.51. The number of rotatable bonds is 7. The number of nitrogens with one attached hydrogen (secondary N) is 1. The largest absolute Gasteiger partial charge is 0.325 e. The van der Waals surface area contributed by atoms with Crippen molar-refractivity contribution >= 4 is 27.3 Å². The summed E-state index contributed by atoms with van der Waals surface area (Å²) in [6.45, 7) is 1.73. The van der Waals surface area contributed by atoms with Crippen LogP contribution in [0.3, 0.4) is 0 Å². The Morgan fingerprint density at radius 1 is 0.970 bits per heavy atom. The molecule has 4 fully saturated rings. The van der Waals surface area contributed by atoms with E-state index in [1.165, 1.54) is 48.4 Å². The number of benzene rings is 2. The number of nitrogens with zero attached hydrogens (tertiary/aromatic N) is 1. The quantitative estimate of drug-likeness (QED) is 0.616. The SMILES string of the molecule is CCc1ccccc1N(CC(=O)Nc1ccc(C23CC4CC(CC(C4)C2)C3)cc1)S(C)(=O)=O. The van der Waals surface area contributed by atoms with Gasteiger partial charge in [0.1, 0.15) is 6.54 Å². The highest BCUT2D eigenvalue weighted by molar-refractivity contribution is 7.92. The molecule has 0 spiro atoms. The van der Waals surface area contributed by atoms with Crippen molar-refractivity contribution in [3.8, 4) is 0 Å². The second-order valence-electron chi connectivity index (χ2n) is 10.6. The molecule has 0 aliphatic heterocycles. The van der Waals surface area contributed by atoms with E-state index in [-0.39, 0.29) is 12.5 Å². The van der Waals surface area contributed by atoms with Gasteiger partial charge in [-0.05, 0) is 97.4 Å². The Kier molecular flexibility index (Phi) is 5.76. The van der Waals surface area contributed by atoms with E-state index in [1.54, 1.807) is 12.1 Å². The minimum atomic E-state index is -3.60. The maximum atomic E-state index is 12.8. The van der Waals surface area contributed by atoms with Gasteiger partial charge in [0.2, 0.25) is 15.9 Å². The van der Waals surface area contributed by atoms with E-state index in [0.29, 0.717) is 23.2 Å². The fourth-order valence-electron chi connectivity index (χ4n) is 7.14. The lowest BCUT2D eigenvalue weighted by Crippen LogP contribution is -2.48. The van der Waals surface area contributed by atoms with Gasteiger partial charge in [0.05, 0.1) is 11.9 Å². The molecule has 0 radical (unpaired) electrons. The Bertz CT molecular complexity index is 1100. The van der Waals surface area contributed by atoms with Gasteiger partial charge in [0, 0.05) is 5.69 Å². The molecular weight excluding hydrogens is 432 g/mol. The minimum absolute atomic E-state index is 0.243. The Labute approximate surface area is 197 Å². The number of amides is 1. The second kappa shape index (κ2) is 8.46. The van der Waals surface area contributed by atoms with Crippen LogP contribution in [0.4, 0.5) is 11.4 Å². The number of hydrogen-bond acceptors (Lipinski definition) is 3. The first-order valence-corrected chi connectivity index (χ1v) is 14.1. The van der Waals surface area contributed by atoms with Crippen LogP contribution in [0.15, 0.2) is 48.5 Å². The summed E-state index contributed by atoms with van der Waals surface area (Å²) in [5.41, 5.74) is 3.92. The third-order valence-corrected chi connectivity index (χ3v) is 9.27. The van der Waals surface area contributed by atoms with E-state index < -0.39 is 10.0 Å². The highest BCUT2D eigenvalue weighted by Crippen LogP contribution is 2.60. The topological polar surface area (TPSA) is 66.5 Å². The fourth-order valence-corrected chi connectivity index (χ4v) is 8.02. The van der Waals surface area contributed by atoms with Crippen LogP contribution in [0.1, 0.15) is 56.6 Å². The van der Waals surface area contributed by atoms with Crippen molar-refractivity contribution in [2.75, 3.05) is 22.4 Å². The fraction of sp³-hybridized carbons (Fsp3) is 0.519. The van der Waals surface area contributed by atoms with Crippen LogP contribution in [-0.4, -0.2) is 27.1 Å². The summed E-state index contributed by atoms with van der Waals surface area (Å²) in [6, 6.07) is 15.7. The van der Waals surface area contributed by atoms with Gasteiger partial charge in [-0.1, -0.05) is 37.3 Å². The average molecular weight is 467 g/mol. The monoisotopic (exact) mass is 466 g/mol. The second-order valence-corrected chi connectivity index (χ2v) is 12.5. The van der Waals surface area contributed by atoms with Gasteiger partial charge in [-0.25, -0.2) is 8.42 Å². The average Bonchev–Trinajstić information content (AvgIpc) is 2.76. The third kappa shape index (κ3) is 4.42. The van der Waals surface area contributed by atoms with Crippen molar-refractivity contribution in [2.45, 2.75) is 57.3 Å². The predicted octanol–water partition coefficient (Wildman–Crippen LogP) is 5.12. The first kappa shape index (κ1) is 22.5. The normalized spacial score (nSPS) is 28.0. The van der Waals surface area contributed by atoms with E-state index in [1.807, 2.05) is 31.2 Å². The van der Waals surface area contributed by atoms with Gasteiger partial charge in [-0.15, -0.1) is 0 Å². The first-order chi connectivity index (χ1) is 15.8. The Balaban J connectivity index is 1.30. The smallest absolute Gasteiger partial charge is 0.245 e.